The van der Waals surface area contributed by atoms with Crippen LogP contribution in [0.4, 0.5) is 5.69 Å². The summed E-state index contributed by atoms with van der Waals surface area (Å²) in [5, 5.41) is 0.787. The molecule has 5 heteroatoms. The Morgan fingerprint density at radius 2 is 1.86 bits per heavy atom. The molecule has 22 heavy (non-hydrogen) atoms. The van der Waals surface area contributed by atoms with Crippen molar-refractivity contribution >= 4 is 40.0 Å². The molecule has 0 bridgehead atoms. The van der Waals surface area contributed by atoms with Gasteiger partial charge in [-0.3, -0.25) is 0 Å². The van der Waals surface area contributed by atoms with Crippen molar-refractivity contribution in [2.24, 2.45) is 0 Å². The largest absolute Gasteiger partial charge is 0.436 e. The third kappa shape index (κ3) is 2.67. The van der Waals surface area contributed by atoms with E-state index < -0.39 is 0 Å². The Morgan fingerprint density at radius 1 is 1.18 bits per heavy atom. The number of nitrogens with two attached hydrogens (primary N) is 1. The summed E-state index contributed by atoms with van der Waals surface area (Å²) in [6.45, 7) is 4.36. The van der Waals surface area contributed by atoms with Gasteiger partial charge in [0.15, 0.2) is 5.58 Å². The van der Waals surface area contributed by atoms with Gasteiger partial charge in [-0.05, 0) is 42.2 Å². The van der Waals surface area contributed by atoms with Crippen LogP contribution in [0.3, 0.4) is 0 Å². The predicted octanol–water partition coefficient (Wildman–Crippen LogP) is 5.90. The van der Waals surface area contributed by atoms with E-state index in [0.29, 0.717) is 33.1 Å². The molecular weight excluding hydrogens is 319 g/mol. The van der Waals surface area contributed by atoms with Crippen molar-refractivity contribution in [1.29, 1.82) is 0 Å². The molecule has 1 heterocycles. The van der Waals surface area contributed by atoms with E-state index in [1.807, 2.05) is 6.07 Å². The van der Waals surface area contributed by atoms with Gasteiger partial charge in [0.25, 0.3) is 0 Å². The first kappa shape index (κ1) is 15.2. The number of fused-ring (bicyclic) bond motifs is 1. The summed E-state index contributed by atoms with van der Waals surface area (Å²) >= 11 is 12.1. The summed E-state index contributed by atoms with van der Waals surface area (Å²) in [6, 6.07) is 9.52. The number of hydrogen-bond donors (Lipinski definition) is 1. The Hall–Kier alpha value is -1.71. The fourth-order valence-corrected chi connectivity index (χ4v) is 2.80. The number of halogens is 2. The topological polar surface area (TPSA) is 52.0 Å². The molecule has 2 aromatic carbocycles. The highest BCUT2D eigenvalue weighted by molar-refractivity contribution is 6.39. The lowest BCUT2D eigenvalue weighted by molar-refractivity contribution is 0.619. The molecule has 114 valence electrons. The van der Waals surface area contributed by atoms with Crippen molar-refractivity contribution in [3.8, 4) is 11.5 Å². The van der Waals surface area contributed by atoms with Gasteiger partial charge in [0.2, 0.25) is 5.89 Å². The lowest BCUT2D eigenvalue weighted by Gasteiger charge is -2.07. The average Bonchev–Trinajstić information content (AvgIpc) is 2.94. The van der Waals surface area contributed by atoms with E-state index in [2.05, 4.69) is 31.0 Å². The van der Waals surface area contributed by atoms with Crippen LogP contribution in [0.1, 0.15) is 31.7 Å². The third-order valence-electron chi connectivity index (χ3n) is 3.92. The minimum absolute atomic E-state index is 0.363. The number of aromatic nitrogens is 1. The first-order chi connectivity index (χ1) is 10.5. The van der Waals surface area contributed by atoms with Gasteiger partial charge in [0.05, 0.1) is 15.7 Å². The molecule has 1 atom stereocenters. The van der Waals surface area contributed by atoms with E-state index in [4.69, 9.17) is 33.4 Å². The zero-order valence-electron chi connectivity index (χ0n) is 12.4. The molecule has 3 nitrogen and oxygen atoms in total. The lowest BCUT2D eigenvalue weighted by atomic mass is 9.98. The summed E-state index contributed by atoms with van der Waals surface area (Å²) in [5.41, 5.74) is 9.66. The van der Waals surface area contributed by atoms with Crippen LogP contribution in [0.5, 0.6) is 0 Å². The van der Waals surface area contributed by atoms with Crippen LogP contribution in [0.25, 0.3) is 22.6 Å². The van der Waals surface area contributed by atoms with Gasteiger partial charge in [0, 0.05) is 5.56 Å². The molecule has 0 fully saturated rings. The molecule has 0 unspecified atom stereocenters. The van der Waals surface area contributed by atoms with E-state index in [1.165, 1.54) is 5.56 Å². The number of nitrogen functional groups attached to an aromatic ring is 1. The molecule has 1 aromatic heterocycles. The highest BCUT2D eigenvalue weighted by atomic mass is 35.5. The van der Waals surface area contributed by atoms with Crippen molar-refractivity contribution < 1.29 is 4.42 Å². The Labute approximate surface area is 139 Å². The fourth-order valence-electron chi connectivity index (χ4n) is 2.32. The van der Waals surface area contributed by atoms with Crippen molar-refractivity contribution in [3.05, 3.63) is 45.9 Å². The third-order valence-corrected chi connectivity index (χ3v) is 4.54. The molecule has 0 aliphatic carbocycles. The standard InChI is InChI=1S/C17H16Cl2N2O/c1-3-9(2)10-4-5-15-14(8-10)21-17(22-15)11-6-12(18)16(20)13(19)7-11/h4-9H,3,20H2,1-2H3/t9-/m0/s1. The molecule has 0 spiro atoms. The predicted molar refractivity (Wildman–Crippen MR) is 92.6 cm³/mol. The van der Waals surface area contributed by atoms with Gasteiger partial charge in [-0.1, -0.05) is 43.1 Å². The normalized spacial score (nSPS) is 12.7. The van der Waals surface area contributed by atoms with Gasteiger partial charge < -0.3 is 10.2 Å². The monoisotopic (exact) mass is 334 g/mol. The summed E-state index contributed by atoms with van der Waals surface area (Å²) in [5.74, 6) is 0.977. The van der Waals surface area contributed by atoms with E-state index in [1.54, 1.807) is 12.1 Å². The number of oxazole rings is 1. The molecule has 0 aliphatic rings. The molecule has 0 saturated carbocycles. The summed E-state index contributed by atoms with van der Waals surface area (Å²) < 4.78 is 5.80. The maximum Gasteiger partial charge on any atom is 0.227 e. The number of anilines is 1. The fraction of sp³-hybridized carbons (Fsp3) is 0.235. The van der Waals surface area contributed by atoms with E-state index >= 15 is 0 Å². The van der Waals surface area contributed by atoms with Gasteiger partial charge in [-0.15, -0.1) is 0 Å². The second kappa shape index (κ2) is 5.82. The van der Waals surface area contributed by atoms with Crippen molar-refractivity contribution in [3.63, 3.8) is 0 Å². The molecule has 3 rings (SSSR count). The zero-order valence-corrected chi connectivity index (χ0v) is 13.9. The number of hydrogen-bond acceptors (Lipinski definition) is 3. The molecular formula is C17H16Cl2N2O. The highest BCUT2D eigenvalue weighted by Gasteiger charge is 2.13. The minimum Gasteiger partial charge on any atom is -0.436 e. The van der Waals surface area contributed by atoms with Crippen LogP contribution in [-0.2, 0) is 0 Å². The van der Waals surface area contributed by atoms with E-state index in [9.17, 15) is 0 Å². The Morgan fingerprint density at radius 3 is 2.50 bits per heavy atom. The summed E-state index contributed by atoms with van der Waals surface area (Å²) in [4.78, 5) is 4.55. The quantitative estimate of drug-likeness (QED) is 0.607. The summed E-state index contributed by atoms with van der Waals surface area (Å²) in [6.07, 6.45) is 1.08. The summed E-state index contributed by atoms with van der Waals surface area (Å²) in [7, 11) is 0. The molecule has 0 amide bonds. The van der Waals surface area contributed by atoms with Crippen LogP contribution < -0.4 is 5.73 Å². The zero-order chi connectivity index (χ0) is 15.9. The maximum atomic E-state index is 6.07. The second-order valence-corrected chi connectivity index (χ2v) is 6.22. The van der Waals surface area contributed by atoms with Gasteiger partial charge in [0.1, 0.15) is 5.52 Å². The number of benzene rings is 2. The van der Waals surface area contributed by atoms with Crippen molar-refractivity contribution in [2.75, 3.05) is 5.73 Å². The molecule has 3 aromatic rings. The Bertz CT molecular complexity index is 819. The smallest absolute Gasteiger partial charge is 0.227 e. The van der Waals surface area contributed by atoms with Gasteiger partial charge >= 0.3 is 0 Å². The lowest BCUT2D eigenvalue weighted by Crippen LogP contribution is -1.90. The minimum atomic E-state index is 0.363. The Kier molecular flexibility index (Phi) is 4.02. The van der Waals surface area contributed by atoms with Crippen molar-refractivity contribution in [2.45, 2.75) is 26.2 Å². The highest BCUT2D eigenvalue weighted by Crippen LogP contribution is 2.34. The molecule has 0 radical (unpaired) electrons. The number of rotatable bonds is 3. The van der Waals surface area contributed by atoms with Crippen LogP contribution in [0, 0.1) is 0 Å². The molecule has 2 N–H and O–H groups in total. The second-order valence-electron chi connectivity index (χ2n) is 5.41. The van der Waals surface area contributed by atoms with E-state index in [-0.39, 0.29) is 0 Å². The maximum absolute atomic E-state index is 6.07. The van der Waals surface area contributed by atoms with Gasteiger partial charge in [-0.2, -0.15) is 0 Å². The van der Waals surface area contributed by atoms with Crippen LogP contribution in [0.15, 0.2) is 34.7 Å². The number of nitrogens with zero attached hydrogens (tertiary/aromatic N) is 1. The van der Waals surface area contributed by atoms with E-state index in [0.717, 1.165) is 17.5 Å². The van der Waals surface area contributed by atoms with Crippen LogP contribution >= 0.6 is 23.2 Å². The molecule has 0 saturated heterocycles. The first-order valence-corrected chi connectivity index (χ1v) is 7.90. The Balaban J connectivity index is 2.09. The van der Waals surface area contributed by atoms with Gasteiger partial charge in [-0.25, -0.2) is 4.98 Å². The van der Waals surface area contributed by atoms with Crippen LogP contribution in [0.2, 0.25) is 10.0 Å². The first-order valence-electron chi connectivity index (χ1n) is 7.15. The van der Waals surface area contributed by atoms with Crippen molar-refractivity contribution in [1.82, 2.24) is 4.98 Å². The van der Waals surface area contributed by atoms with Crippen LogP contribution in [-0.4, -0.2) is 4.98 Å². The molecule has 0 aliphatic heterocycles. The average molecular weight is 335 g/mol. The SMILES string of the molecule is CC[C@H](C)c1ccc2oc(-c3cc(Cl)c(N)c(Cl)c3)nc2c1.